The van der Waals surface area contributed by atoms with Crippen LogP contribution in [-0.4, -0.2) is 19.8 Å². The zero-order chi connectivity index (χ0) is 17.2. The monoisotopic (exact) mass is 353 g/mol. The smallest absolute Gasteiger partial charge is 0.161 e. The molecule has 0 saturated carbocycles. The van der Waals surface area contributed by atoms with Crippen molar-refractivity contribution in [2.75, 3.05) is 19.8 Å². The van der Waals surface area contributed by atoms with E-state index in [1.807, 2.05) is 25.2 Å². The third-order valence-electron chi connectivity index (χ3n) is 4.59. The molecule has 0 saturated heterocycles. The maximum absolute atomic E-state index is 5.85. The SMILES string of the molecule is CCOc1cc2c(cc1OCC)[C@@H](c1cc3ccccc3s1)NCC2. The van der Waals surface area contributed by atoms with Gasteiger partial charge in [0.2, 0.25) is 0 Å². The second kappa shape index (κ2) is 7.06. The molecule has 3 nitrogen and oxygen atoms in total. The summed E-state index contributed by atoms with van der Waals surface area (Å²) in [5.74, 6) is 1.71. The topological polar surface area (TPSA) is 30.5 Å². The zero-order valence-corrected chi connectivity index (χ0v) is 15.5. The van der Waals surface area contributed by atoms with Gasteiger partial charge in [-0.2, -0.15) is 0 Å². The summed E-state index contributed by atoms with van der Waals surface area (Å²) in [4.78, 5) is 1.36. The van der Waals surface area contributed by atoms with Gasteiger partial charge >= 0.3 is 0 Å². The summed E-state index contributed by atoms with van der Waals surface area (Å²) in [6.45, 7) is 6.29. The van der Waals surface area contributed by atoms with E-state index in [0.29, 0.717) is 13.2 Å². The molecular formula is C21H23NO2S. The number of ether oxygens (including phenoxy) is 2. The average molecular weight is 353 g/mol. The molecule has 0 aliphatic carbocycles. The van der Waals surface area contributed by atoms with Crippen molar-refractivity contribution < 1.29 is 9.47 Å². The van der Waals surface area contributed by atoms with Crippen LogP contribution < -0.4 is 14.8 Å². The standard InChI is InChI=1S/C21H23NO2S/c1-3-23-17-11-14-9-10-22-21(16(14)13-18(17)24-4-2)20-12-15-7-5-6-8-19(15)25-20/h5-8,11-13,21-22H,3-4,9-10H2,1-2H3/t21-/m0/s1. The van der Waals surface area contributed by atoms with Crippen LogP contribution in [0.25, 0.3) is 10.1 Å². The Bertz CT molecular complexity index is 854. The number of rotatable bonds is 5. The van der Waals surface area contributed by atoms with Gasteiger partial charge in [-0.3, -0.25) is 0 Å². The minimum Gasteiger partial charge on any atom is -0.490 e. The number of fused-ring (bicyclic) bond motifs is 2. The molecule has 25 heavy (non-hydrogen) atoms. The van der Waals surface area contributed by atoms with E-state index < -0.39 is 0 Å². The molecule has 1 aliphatic heterocycles. The van der Waals surface area contributed by atoms with E-state index in [9.17, 15) is 0 Å². The fourth-order valence-electron chi connectivity index (χ4n) is 3.50. The number of hydrogen-bond donors (Lipinski definition) is 1. The number of thiophene rings is 1. The van der Waals surface area contributed by atoms with Crippen LogP contribution in [-0.2, 0) is 6.42 Å². The quantitative estimate of drug-likeness (QED) is 0.705. The molecule has 0 unspecified atom stereocenters. The summed E-state index contributed by atoms with van der Waals surface area (Å²) in [7, 11) is 0. The minimum atomic E-state index is 0.219. The third-order valence-corrected chi connectivity index (χ3v) is 5.77. The Morgan fingerprint density at radius 2 is 1.80 bits per heavy atom. The lowest BCUT2D eigenvalue weighted by Crippen LogP contribution is -2.30. The molecule has 0 radical (unpaired) electrons. The number of nitrogens with one attached hydrogen (secondary N) is 1. The highest BCUT2D eigenvalue weighted by atomic mass is 32.1. The van der Waals surface area contributed by atoms with Crippen molar-refractivity contribution in [2.45, 2.75) is 26.3 Å². The predicted molar refractivity (Wildman–Crippen MR) is 104 cm³/mol. The summed E-state index contributed by atoms with van der Waals surface area (Å²) >= 11 is 1.87. The van der Waals surface area contributed by atoms with Crippen molar-refractivity contribution in [2.24, 2.45) is 0 Å². The Morgan fingerprint density at radius 1 is 1.04 bits per heavy atom. The normalized spacial score (nSPS) is 16.6. The first-order chi connectivity index (χ1) is 12.3. The van der Waals surface area contributed by atoms with E-state index in [-0.39, 0.29) is 6.04 Å². The van der Waals surface area contributed by atoms with Gasteiger partial charge in [-0.15, -0.1) is 11.3 Å². The van der Waals surface area contributed by atoms with Crippen LogP contribution in [0.2, 0.25) is 0 Å². The highest BCUT2D eigenvalue weighted by Gasteiger charge is 2.25. The van der Waals surface area contributed by atoms with E-state index in [4.69, 9.17) is 9.47 Å². The summed E-state index contributed by atoms with van der Waals surface area (Å²) in [5.41, 5.74) is 2.66. The van der Waals surface area contributed by atoms with Crippen molar-refractivity contribution in [3.8, 4) is 11.5 Å². The summed E-state index contributed by atoms with van der Waals surface area (Å²) in [6, 6.07) is 15.4. The second-order valence-corrected chi connectivity index (χ2v) is 7.30. The second-order valence-electron chi connectivity index (χ2n) is 6.19. The van der Waals surface area contributed by atoms with Gasteiger partial charge in [-0.1, -0.05) is 18.2 Å². The highest BCUT2D eigenvalue weighted by molar-refractivity contribution is 7.19. The largest absolute Gasteiger partial charge is 0.490 e. The molecule has 4 heteroatoms. The molecule has 2 aromatic carbocycles. The van der Waals surface area contributed by atoms with Gasteiger partial charge in [0, 0.05) is 16.1 Å². The van der Waals surface area contributed by atoms with Crippen molar-refractivity contribution in [3.63, 3.8) is 0 Å². The lowest BCUT2D eigenvalue weighted by molar-refractivity contribution is 0.286. The van der Waals surface area contributed by atoms with Crippen LogP contribution in [0.4, 0.5) is 0 Å². The van der Waals surface area contributed by atoms with E-state index in [1.54, 1.807) is 0 Å². The first kappa shape index (κ1) is 16.4. The molecule has 0 amide bonds. The Hall–Kier alpha value is -2.04. The third kappa shape index (κ3) is 3.12. The van der Waals surface area contributed by atoms with Crippen molar-refractivity contribution in [1.82, 2.24) is 5.32 Å². The van der Waals surface area contributed by atoms with Crippen molar-refractivity contribution in [1.29, 1.82) is 0 Å². The van der Waals surface area contributed by atoms with Crippen LogP contribution in [0.5, 0.6) is 11.5 Å². The predicted octanol–water partition coefficient (Wildman–Crippen LogP) is 4.93. The van der Waals surface area contributed by atoms with Crippen LogP contribution in [0, 0.1) is 0 Å². The van der Waals surface area contributed by atoms with Gasteiger partial charge in [0.15, 0.2) is 11.5 Å². The molecular weight excluding hydrogens is 330 g/mol. The van der Waals surface area contributed by atoms with Crippen LogP contribution in [0.3, 0.4) is 0 Å². The van der Waals surface area contributed by atoms with Gasteiger partial charge in [-0.25, -0.2) is 0 Å². The molecule has 130 valence electrons. The fourth-order valence-corrected chi connectivity index (χ4v) is 4.66. The first-order valence-corrected chi connectivity index (χ1v) is 9.76. The zero-order valence-electron chi connectivity index (χ0n) is 14.7. The molecule has 3 aromatic rings. The van der Waals surface area contributed by atoms with Crippen LogP contribution in [0.1, 0.15) is 35.9 Å². The van der Waals surface area contributed by atoms with E-state index in [1.165, 1.54) is 26.1 Å². The van der Waals surface area contributed by atoms with E-state index in [2.05, 4.69) is 47.8 Å². The van der Waals surface area contributed by atoms with Gasteiger partial charge in [0.25, 0.3) is 0 Å². The molecule has 1 aromatic heterocycles. The molecule has 2 heterocycles. The van der Waals surface area contributed by atoms with Gasteiger partial charge < -0.3 is 14.8 Å². The van der Waals surface area contributed by atoms with E-state index in [0.717, 1.165) is 24.5 Å². The lowest BCUT2D eigenvalue weighted by Gasteiger charge is -2.27. The fraction of sp³-hybridized carbons (Fsp3) is 0.333. The van der Waals surface area contributed by atoms with Crippen molar-refractivity contribution in [3.05, 3.63) is 58.5 Å². The molecule has 1 aliphatic rings. The maximum atomic E-state index is 5.85. The van der Waals surface area contributed by atoms with Crippen LogP contribution in [0.15, 0.2) is 42.5 Å². The Labute approximate surface area is 152 Å². The number of hydrogen-bond acceptors (Lipinski definition) is 4. The van der Waals surface area contributed by atoms with Crippen molar-refractivity contribution >= 4 is 21.4 Å². The van der Waals surface area contributed by atoms with Gasteiger partial charge in [0.1, 0.15) is 0 Å². The Morgan fingerprint density at radius 3 is 2.56 bits per heavy atom. The van der Waals surface area contributed by atoms with E-state index >= 15 is 0 Å². The maximum Gasteiger partial charge on any atom is 0.161 e. The molecule has 1 N–H and O–H groups in total. The summed E-state index contributed by atoms with van der Waals surface area (Å²) in [6.07, 6.45) is 1.02. The summed E-state index contributed by atoms with van der Waals surface area (Å²) in [5, 5.41) is 5.00. The van der Waals surface area contributed by atoms with Gasteiger partial charge in [-0.05, 0) is 61.0 Å². The molecule has 0 fully saturated rings. The molecule has 1 atom stereocenters. The first-order valence-electron chi connectivity index (χ1n) is 8.94. The van der Waals surface area contributed by atoms with Gasteiger partial charge in [0.05, 0.1) is 19.3 Å². The van der Waals surface area contributed by atoms with Crippen LogP contribution >= 0.6 is 11.3 Å². The summed E-state index contributed by atoms with van der Waals surface area (Å²) < 4.78 is 13.0. The Balaban J connectivity index is 1.78. The highest BCUT2D eigenvalue weighted by Crippen LogP contribution is 2.40. The average Bonchev–Trinajstić information content (AvgIpc) is 3.06. The number of benzene rings is 2. The molecule has 0 bridgehead atoms. The molecule has 4 rings (SSSR count). The minimum absolute atomic E-state index is 0.219. The molecule has 0 spiro atoms. The lowest BCUT2D eigenvalue weighted by atomic mass is 9.92. The Kier molecular flexibility index (Phi) is 4.64.